The zero-order chi connectivity index (χ0) is 12.7. The number of hydrogen-bond donors (Lipinski definition) is 1. The molecule has 0 aliphatic rings. The number of nitrogens with one attached hydrogen (secondary N) is 1. The van der Waals surface area contributed by atoms with E-state index in [9.17, 15) is 0 Å². The minimum absolute atomic E-state index is 0.737. The zero-order valence-corrected chi connectivity index (χ0v) is 11.8. The molecule has 0 fully saturated rings. The van der Waals surface area contributed by atoms with Crippen LogP contribution in [0.25, 0.3) is 0 Å². The molecule has 0 heterocycles. The van der Waals surface area contributed by atoms with Gasteiger partial charge in [0, 0.05) is 0 Å². The molecular weight excluding hydrogens is 206 g/mol. The van der Waals surface area contributed by atoms with Crippen LogP contribution in [0, 0.1) is 18.8 Å². The fourth-order valence-electron chi connectivity index (χ4n) is 2.03. The lowest BCUT2D eigenvalue weighted by molar-refractivity contribution is 0.361. The average molecular weight is 233 g/mol. The Hall–Kier alpha value is -0.820. The third-order valence-corrected chi connectivity index (χ3v) is 3.39. The van der Waals surface area contributed by atoms with Gasteiger partial charge in [-0.25, -0.2) is 0 Å². The van der Waals surface area contributed by atoms with Gasteiger partial charge in [-0.3, -0.25) is 0 Å². The van der Waals surface area contributed by atoms with Gasteiger partial charge in [-0.15, -0.1) is 0 Å². The first kappa shape index (κ1) is 14.2. The van der Waals surface area contributed by atoms with E-state index in [0.29, 0.717) is 0 Å². The Balaban J connectivity index is 2.51. The third kappa shape index (κ3) is 5.36. The molecular formula is C16H27N. The number of benzene rings is 1. The predicted molar refractivity (Wildman–Crippen MR) is 76.4 cm³/mol. The van der Waals surface area contributed by atoms with Crippen molar-refractivity contribution >= 4 is 0 Å². The van der Waals surface area contributed by atoms with E-state index >= 15 is 0 Å². The van der Waals surface area contributed by atoms with E-state index in [1.54, 1.807) is 0 Å². The summed E-state index contributed by atoms with van der Waals surface area (Å²) < 4.78 is 0. The Bertz CT molecular complexity index is 300. The smallest absolute Gasteiger partial charge is 0.00149 e. The van der Waals surface area contributed by atoms with E-state index in [1.165, 1.54) is 24.0 Å². The Morgan fingerprint density at radius 2 is 1.76 bits per heavy atom. The largest absolute Gasteiger partial charge is 0.316 e. The summed E-state index contributed by atoms with van der Waals surface area (Å²) in [6.45, 7) is 11.3. The van der Waals surface area contributed by atoms with Crippen LogP contribution >= 0.6 is 0 Å². The van der Waals surface area contributed by atoms with Crippen molar-refractivity contribution in [1.29, 1.82) is 0 Å². The molecule has 1 N–H and O–H groups in total. The normalized spacial score (nSPS) is 13.0. The number of aryl methyl sites for hydroxylation is 1. The van der Waals surface area contributed by atoms with Crippen LogP contribution in [0.5, 0.6) is 0 Å². The van der Waals surface area contributed by atoms with E-state index in [-0.39, 0.29) is 0 Å². The van der Waals surface area contributed by atoms with Gasteiger partial charge in [0.15, 0.2) is 0 Å². The van der Waals surface area contributed by atoms with Gasteiger partial charge in [0.05, 0.1) is 0 Å². The van der Waals surface area contributed by atoms with Crippen LogP contribution in [-0.4, -0.2) is 13.1 Å². The molecule has 0 bridgehead atoms. The molecule has 1 aromatic carbocycles. The third-order valence-electron chi connectivity index (χ3n) is 3.39. The molecule has 0 saturated carbocycles. The maximum absolute atomic E-state index is 3.55. The van der Waals surface area contributed by atoms with Crippen molar-refractivity contribution in [2.24, 2.45) is 11.8 Å². The van der Waals surface area contributed by atoms with Crippen molar-refractivity contribution in [2.75, 3.05) is 13.1 Å². The van der Waals surface area contributed by atoms with Crippen molar-refractivity contribution in [3.63, 3.8) is 0 Å². The Kier molecular flexibility index (Phi) is 6.28. The zero-order valence-electron chi connectivity index (χ0n) is 11.8. The summed E-state index contributed by atoms with van der Waals surface area (Å²) in [5, 5.41) is 3.55. The van der Waals surface area contributed by atoms with Crippen molar-refractivity contribution in [3.05, 3.63) is 35.4 Å². The van der Waals surface area contributed by atoms with Crippen LogP contribution < -0.4 is 5.32 Å². The second-order valence-corrected chi connectivity index (χ2v) is 5.40. The van der Waals surface area contributed by atoms with E-state index < -0.39 is 0 Å². The molecule has 1 nitrogen and oxygen atoms in total. The van der Waals surface area contributed by atoms with E-state index in [0.717, 1.165) is 24.9 Å². The summed E-state index contributed by atoms with van der Waals surface area (Å²) in [4.78, 5) is 0. The van der Waals surface area contributed by atoms with Crippen LogP contribution in [0.1, 0.15) is 38.3 Å². The van der Waals surface area contributed by atoms with Crippen LogP contribution in [0.3, 0.4) is 0 Å². The van der Waals surface area contributed by atoms with Gasteiger partial charge in [-0.2, -0.15) is 0 Å². The minimum Gasteiger partial charge on any atom is -0.316 e. The fourth-order valence-corrected chi connectivity index (χ4v) is 2.03. The number of hydrogen-bond acceptors (Lipinski definition) is 1. The van der Waals surface area contributed by atoms with Crippen LogP contribution in [0.2, 0.25) is 0 Å². The highest BCUT2D eigenvalue weighted by molar-refractivity contribution is 5.21. The predicted octanol–water partition coefficient (Wildman–Crippen LogP) is 3.81. The molecule has 0 saturated heterocycles. The van der Waals surface area contributed by atoms with Gasteiger partial charge in [0.25, 0.3) is 0 Å². The van der Waals surface area contributed by atoms with Gasteiger partial charge in [-0.1, -0.05) is 50.6 Å². The Labute approximate surface area is 107 Å². The molecule has 0 aromatic heterocycles. The van der Waals surface area contributed by atoms with Gasteiger partial charge in [0.1, 0.15) is 0 Å². The first-order valence-electron chi connectivity index (χ1n) is 6.89. The molecule has 1 aromatic rings. The summed E-state index contributed by atoms with van der Waals surface area (Å²) in [6, 6.07) is 8.97. The van der Waals surface area contributed by atoms with Crippen molar-refractivity contribution in [3.8, 4) is 0 Å². The molecule has 0 spiro atoms. The summed E-state index contributed by atoms with van der Waals surface area (Å²) in [5.41, 5.74) is 2.81. The van der Waals surface area contributed by atoms with E-state index in [4.69, 9.17) is 0 Å². The lowest BCUT2D eigenvalue weighted by Gasteiger charge is -2.21. The lowest BCUT2D eigenvalue weighted by atomic mass is 9.89. The van der Waals surface area contributed by atoms with Gasteiger partial charge in [-0.05, 0) is 50.3 Å². The average Bonchev–Trinajstić information content (AvgIpc) is 2.30. The first-order chi connectivity index (χ1) is 8.13. The quantitative estimate of drug-likeness (QED) is 0.706. The highest BCUT2D eigenvalue weighted by atomic mass is 14.9. The SMILES string of the molecule is CCCNCC(Cc1ccc(C)cc1)C(C)C. The summed E-state index contributed by atoms with van der Waals surface area (Å²) >= 11 is 0. The van der Waals surface area contributed by atoms with Gasteiger partial charge >= 0.3 is 0 Å². The van der Waals surface area contributed by atoms with E-state index in [2.05, 4.69) is 57.3 Å². The molecule has 1 unspecified atom stereocenters. The second kappa shape index (κ2) is 7.50. The molecule has 1 atom stereocenters. The van der Waals surface area contributed by atoms with Crippen molar-refractivity contribution < 1.29 is 0 Å². The maximum Gasteiger partial charge on any atom is -0.00149 e. The van der Waals surface area contributed by atoms with E-state index in [1.807, 2.05) is 0 Å². The lowest BCUT2D eigenvalue weighted by Crippen LogP contribution is -2.28. The topological polar surface area (TPSA) is 12.0 Å². The first-order valence-corrected chi connectivity index (χ1v) is 6.89. The highest BCUT2D eigenvalue weighted by Gasteiger charge is 2.13. The molecule has 17 heavy (non-hydrogen) atoms. The van der Waals surface area contributed by atoms with Crippen molar-refractivity contribution in [2.45, 2.75) is 40.5 Å². The number of rotatable bonds is 7. The monoisotopic (exact) mass is 233 g/mol. The van der Waals surface area contributed by atoms with Crippen LogP contribution in [0.4, 0.5) is 0 Å². The molecule has 96 valence electrons. The van der Waals surface area contributed by atoms with Gasteiger partial charge in [0.2, 0.25) is 0 Å². The summed E-state index contributed by atoms with van der Waals surface area (Å²) in [5.74, 6) is 1.48. The molecule has 0 amide bonds. The molecule has 0 aliphatic carbocycles. The van der Waals surface area contributed by atoms with Crippen molar-refractivity contribution in [1.82, 2.24) is 5.32 Å². The minimum atomic E-state index is 0.737. The highest BCUT2D eigenvalue weighted by Crippen LogP contribution is 2.17. The Morgan fingerprint density at radius 1 is 1.12 bits per heavy atom. The fraction of sp³-hybridized carbons (Fsp3) is 0.625. The summed E-state index contributed by atoms with van der Waals surface area (Å²) in [6.07, 6.45) is 2.41. The van der Waals surface area contributed by atoms with Gasteiger partial charge < -0.3 is 5.32 Å². The maximum atomic E-state index is 3.55. The standard InChI is InChI=1S/C16H27N/c1-5-10-17-12-16(13(2)3)11-15-8-6-14(4)7-9-15/h6-9,13,16-17H,5,10-12H2,1-4H3. The molecule has 1 rings (SSSR count). The summed E-state index contributed by atoms with van der Waals surface area (Å²) in [7, 11) is 0. The molecule has 1 heteroatoms. The Morgan fingerprint density at radius 3 is 2.29 bits per heavy atom. The molecule has 0 radical (unpaired) electrons. The van der Waals surface area contributed by atoms with Crippen LogP contribution in [-0.2, 0) is 6.42 Å². The second-order valence-electron chi connectivity index (χ2n) is 5.40. The van der Waals surface area contributed by atoms with Crippen LogP contribution in [0.15, 0.2) is 24.3 Å². The molecule has 0 aliphatic heterocycles.